The van der Waals surface area contributed by atoms with E-state index in [2.05, 4.69) is 15.0 Å². The Morgan fingerprint density at radius 2 is 2.00 bits per heavy atom. The van der Waals surface area contributed by atoms with Crippen LogP contribution in [0.25, 0.3) is 0 Å². The maximum Gasteiger partial charge on any atom is 0.340 e. The van der Waals surface area contributed by atoms with Crippen molar-refractivity contribution in [1.29, 1.82) is 0 Å². The number of rotatable bonds is 3. The molecule has 0 unspecified atom stereocenters. The van der Waals surface area contributed by atoms with E-state index in [1.807, 2.05) is 30.3 Å². The van der Waals surface area contributed by atoms with Crippen molar-refractivity contribution in [2.45, 2.75) is 0 Å². The predicted molar refractivity (Wildman–Crippen MR) is 70.7 cm³/mol. The second-order valence-electron chi connectivity index (χ2n) is 3.39. The molecule has 0 aliphatic heterocycles. The van der Waals surface area contributed by atoms with E-state index in [0.717, 1.165) is 5.69 Å². The number of carbonyl (C=O) groups is 1. The lowest BCUT2D eigenvalue weighted by atomic mass is 10.3. The summed E-state index contributed by atoms with van der Waals surface area (Å²) in [5.41, 5.74) is 6.77. The lowest BCUT2D eigenvalue weighted by molar-refractivity contribution is 0.0602. The van der Waals surface area contributed by atoms with Gasteiger partial charge in [-0.2, -0.15) is 0 Å². The van der Waals surface area contributed by atoms with E-state index in [4.69, 9.17) is 5.73 Å². The number of hydrogen-bond acceptors (Lipinski definition) is 6. The lowest BCUT2D eigenvalue weighted by Gasteiger charge is -1.94. The Labute approximate surface area is 108 Å². The summed E-state index contributed by atoms with van der Waals surface area (Å²) in [6, 6.07) is 10.9. The number of thiophene rings is 1. The zero-order valence-electron chi connectivity index (χ0n) is 9.66. The third kappa shape index (κ3) is 2.72. The molecule has 1 aromatic carbocycles. The topological polar surface area (TPSA) is 77.0 Å². The number of esters is 1. The minimum atomic E-state index is -0.468. The summed E-state index contributed by atoms with van der Waals surface area (Å²) in [5.74, 6) is -0.468. The zero-order chi connectivity index (χ0) is 13.0. The van der Waals surface area contributed by atoms with Crippen molar-refractivity contribution >= 4 is 33.0 Å². The van der Waals surface area contributed by atoms with Gasteiger partial charge in [-0.3, -0.25) is 0 Å². The van der Waals surface area contributed by atoms with Gasteiger partial charge in [-0.05, 0) is 18.2 Å². The Morgan fingerprint density at radius 3 is 2.67 bits per heavy atom. The average Bonchev–Trinajstić information content (AvgIpc) is 2.78. The van der Waals surface area contributed by atoms with Crippen LogP contribution < -0.4 is 5.73 Å². The van der Waals surface area contributed by atoms with Crippen LogP contribution in [-0.2, 0) is 4.74 Å². The van der Waals surface area contributed by atoms with E-state index in [-0.39, 0.29) is 0 Å². The molecule has 1 aromatic heterocycles. The summed E-state index contributed by atoms with van der Waals surface area (Å²) in [7, 11) is 1.31. The maximum atomic E-state index is 11.4. The zero-order valence-corrected chi connectivity index (χ0v) is 10.5. The van der Waals surface area contributed by atoms with Crippen molar-refractivity contribution < 1.29 is 9.53 Å². The van der Waals surface area contributed by atoms with Gasteiger partial charge in [0, 0.05) is 0 Å². The first-order valence-electron chi connectivity index (χ1n) is 5.15. The highest BCUT2D eigenvalue weighted by atomic mass is 32.1. The molecule has 2 aromatic rings. The first-order chi connectivity index (χ1) is 8.70. The van der Waals surface area contributed by atoms with Gasteiger partial charge >= 0.3 is 5.97 Å². The second kappa shape index (κ2) is 5.42. The van der Waals surface area contributed by atoms with E-state index in [9.17, 15) is 4.79 Å². The van der Waals surface area contributed by atoms with Crippen LogP contribution in [0, 0.1) is 0 Å². The van der Waals surface area contributed by atoms with Gasteiger partial charge in [0.15, 0.2) is 0 Å². The standard InChI is InChI=1S/C12H11N3O2S/c1-17-12(16)9-7-10(18-11(9)13)15-14-8-5-3-2-4-6-8/h2-7H,13H2,1H3/b15-14+. The molecular formula is C12H11N3O2S. The number of hydrogen-bond donors (Lipinski definition) is 1. The van der Waals surface area contributed by atoms with Gasteiger partial charge < -0.3 is 10.5 Å². The molecule has 0 saturated carbocycles. The van der Waals surface area contributed by atoms with Crippen molar-refractivity contribution in [1.82, 2.24) is 0 Å². The fourth-order valence-corrected chi connectivity index (χ4v) is 2.05. The molecule has 0 bridgehead atoms. The molecule has 2 N–H and O–H groups in total. The number of azo groups is 1. The van der Waals surface area contributed by atoms with Crippen LogP contribution in [0.1, 0.15) is 10.4 Å². The van der Waals surface area contributed by atoms with Crippen LogP contribution in [0.2, 0.25) is 0 Å². The molecule has 0 spiro atoms. The van der Waals surface area contributed by atoms with Gasteiger partial charge in [0.25, 0.3) is 0 Å². The number of nitrogen functional groups attached to an aromatic ring is 1. The summed E-state index contributed by atoms with van der Waals surface area (Å²) >= 11 is 1.19. The number of anilines is 1. The molecule has 0 radical (unpaired) electrons. The van der Waals surface area contributed by atoms with Gasteiger partial charge in [0.05, 0.1) is 18.4 Å². The van der Waals surface area contributed by atoms with E-state index in [1.165, 1.54) is 18.4 Å². The van der Waals surface area contributed by atoms with Crippen LogP contribution in [0.3, 0.4) is 0 Å². The number of ether oxygens (including phenoxy) is 1. The van der Waals surface area contributed by atoms with E-state index >= 15 is 0 Å². The fourth-order valence-electron chi connectivity index (χ4n) is 1.31. The molecule has 0 saturated heterocycles. The van der Waals surface area contributed by atoms with Crippen molar-refractivity contribution in [3.8, 4) is 0 Å². The van der Waals surface area contributed by atoms with Gasteiger partial charge in [0.1, 0.15) is 10.0 Å². The minimum Gasteiger partial charge on any atom is -0.465 e. The maximum absolute atomic E-state index is 11.4. The van der Waals surface area contributed by atoms with E-state index in [0.29, 0.717) is 15.6 Å². The highest BCUT2D eigenvalue weighted by Crippen LogP contribution is 2.33. The van der Waals surface area contributed by atoms with E-state index in [1.54, 1.807) is 6.07 Å². The number of carbonyl (C=O) groups excluding carboxylic acids is 1. The van der Waals surface area contributed by atoms with Gasteiger partial charge in [0.2, 0.25) is 0 Å². The Balaban J connectivity index is 2.21. The van der Waals surface area contributed by atoms with Crippen LogP contribution in [0.15, 0.2) is 46.6 Å². The smallest absolute Gasteiger partial charge is 0.340 e. The number of methoxy groups -OCH3 is 1. The normalized spacial score (nSPS) is 10.7. The molecule has 18 heavy (non-hydrogen) atoms. The second-order valence-corrected chi connectivity index (χ2v) is 4.45. The van der Waals surface area contributed by atoms with Crippen molar-refractivity contribution in [3.05, 3.63) is 42.0 Å². The molecule has 6 heteroatoms. The highest BCUT2D eigenvalue weighted by Gasteiger charge is 2.14. The summed E-state index contributed by atoms with van der Waals surface area (Å²) in [6.45, 7) is 0. The fraction of sp³-hybridized carbons (Fsp3) is 0.0833. The van der Waals surface area contributed by atoms with Crippen molar-refractivity contribution in [3.63, 3.8) is 0 Å². The quantitative estimate of drug-likeness (QED) is 0.678. The molecular weight excluding hydrogens is 250 g/mol. The number of nitrogens with zero attached hydrogens (tertiary/aromatic N) is 2. The highest BCUT2D eigenvalue weighted by molar-refractivity contribution is 7.19. The molecule has 1 heterocycles. The van der Waals surface area contributed by atoms with Crippen LogP contribution in [0.4, 0.5) is 15.7 Å². The number of benzene rings is 1. The molecule has 2 rings (SSSR count). The summed E-state index contributed by atoms with van der Waals surface area (Å²) in [6.07, 6.45) is 0. The largest absolute Gasteiger partial charge is 0.465 e. The molecule has 5 nitrogen and oxygen atoms in total. The molecule has 0 aliphatic rings. The third-order valence-corrected chi connectivity index (χ3v) is 3.02. The van der Waals surface area contributed by atoms with Crippen LogP contribution in [-0.4, -0.2) is 13.1 Å². The lowest BCUT2D eigenvalue weighted by Crippen LogP contribution is -2.01. The predicted octanol–water partition coefficient (Wildman–Crippen LogP) is 3.53. The average molecular weight is 261 g/mol. The SMILES string of the molecule is COC(=O)c1cc(/N=N/c2ccccc2)sc1N. The summed E-state index contributed by atoms with van der Waals surface area (Å²) < 4.78 is 4.61. The summed E-state index contributed by atoms with van der Waals surface area (Å²) in [5, 5.41) is 9.02. The van der Waals surface area contributed by atoms with Crippen molar-refractivity contribution in [2.24, 2.45) is 10.2 Å². The first-order valence-corrected chi connectivity index (χ1v) is 5.97. The Hall–Kier alpha value is -2.21. The van der Waals surface area contributed by atoms with Crippen molar-refractivity contribution in [2.75, 3.05) is 12.8 Å². The molecule has 0 fully saturated rings. The van der Waals surface area contributed by atoms with Crippen LogP contribution >= 0.6 is 11.3 Å². The molecule has 0 atom stereocenters. The Morgan fingerprint density at radius 1 is 1.28 bits per heavy atom. The molecule has 92 valence electrons. The Bertz CT molecular complexity index is 578. The summed E-state index contributed by atoms with van der Waals surface area (Å²) in [4.78, 5) is 11.4. The number of nitrogens with two attached hydrogens (primary N) is 1. The van der Waals surface area contributed by atoms with Gasteiger partial charge in [-0.1, -0.05) is 29.5 Å². The van der Waals surface area contributed by atoms with Gasteiger partial charge in [-0.25, -0.2) is 4.79 Å². The molecule has 0 aliphatic carbocycles. The first kappa shape index (κ1) is 12.3. The van der Waals surface area contributed by atoms with Crippen LogP contribution in [0.5, 0.6) is 0 Å². The van der Waals surface area contributed by atoms with E-state index < -0.39 is 5.97 Å². The van der Waals surface area contributed by atoms with Gasteiger partial charge in [-0.15, -0.1) is 10.2 Å². The monoisotopic (exact) mass is 261 g/mol. The third-order valence-electron chi connectivity index (χ3n) is 2.17. The minimum absolute atomic E-state index is 0.324. The Kier molecular flexibility index (Phi) is 3.69. The molecule has 0 amide bonds.